The van der Waals surface area contributed by atoms with Gasteiger partial charge in [0.2, 0.25) is 0 Å². The topological polar surface area (TPSA) is 225 Å². The number of carboxylic acid groups (broad SMARTS) is 2. The number of benzene rings is 6. The molecule has 0 atom stereocenters. The summed E-state index contributed by atoms with van der Waals surface area (Å²) in [4.78, 5) is 46.7. The largest absolute Gasteiger partial charge is 0.478 e. The highest BCUT2D eigenvalue weighted by Crippen LogP contribution is 2.29. The van der Waals surface area contributed by atoms with Crippen molar-refractivity contribution >= 4 is 113 Å². The molecule has 14 nitrogen and oxygen atoms in total. The number of halogens is 4. The van der Waals surface area contributed by atoms with E-state index < -0.39 is 43.8 Å². The maximum absolute atomic E-state index is 12.6. The highest BCUT2D eigenvalue weighted by molar-refractivity contribution is 7.93. The van der Waals surface area contributed by atoms with E-state index in [1.807, 2.05) is 0 Å². The summed E-state index contributed by atoms with van der Waals surface area (Å²) in [6, 6.07) is 30.8. The fraction of sp³-hybridized carbons (Fsp3) is 0. The summed E-state index contributed by atoms with van der Waals surface area (Å²) in [6.07, 6.45) is 0. The molecule has 0 radical (unpaired) electrons. The fourth-order valence-corrected chi connectivity index (χ4v) is 8.15. The monoisotopic (exact) mass is 928 g/mol. The molecule has 0 aromatic heterocycles. The lowest BCUT2D eigenvalue weighted by molar-refractivity contribution is 0.0686. The highest BCUT2D eigenvalue weighted by Gasteiger charge is 2.20. The maximum Gasteiger partial charge on any atom is 0.335 e. The lowest BCUT2D eigenvalue weighted by Crippen LogP contribution is -2.15. The van der Waals surface area contributed by atoms with Gasteiger partial charge < -0.3 is 20.8 Å². The molecule has 0 aliphatic heterocycles. The SMILES string of the molecule is O=C(O)c1ccc(NC(=O)c2ccc(Cl)c(NS(=O)(=O)c3cccc(Cl)c3)c2)cc1.O=C(O)c1ccc(NC(=O)c2ccc(Cl)c(NS(=O)(=O)c3cccc(Cl)c3)c2)cc1. The van der Waals surface area contributed by atoms with Gasteiger partial charge in [-0.3, -0.25) is 19.0 Å². The van der Waals surface area contributed by atoms with Crippen molar-refractivity contribution < 1.29 is 46.2 Å². The van der Waals surface area contributed by atoms with Gasteiger partial charge in [0.15, 0.2) is 0 Å². The number of nitrogens with one attached hydrogen (secondary N) is 4. The van der Waals surface area contributed by atoms with E-state index in [0.29, 0.717) is 11.4 Å². The summed E-state index contributed by atoms with van der Waals surface area (Å²) in [6.45, 7) is 0. The summed E-state index contributed by atoms with van der Waals surface area (Å²) < 4.78 is 55.0. The normalized spacial score (nSPS) is 11.0. The molecule has 60 heavy (non-hydrogen) atoms. The Bertz CT molecular complexity index is 2650. The Hall–Kier alpha value is -6.14. The van der Waals surface area contributed by atoms with Crippen LogP contribution in [0.15, 0.2) is 143 Å². The first kappa shape index (κ1) is 45.0. The van der Waals surface area contributed by atoms with E-state index in [2.05, 4.69) is 20.1 Å². The van der Waals surface area contributed by atoms with Gasteiger partial charge >= 0.3 is 11.9 Å². The molecule has 6 aromatic rings. The molecule has 0 fully saturated rings. The van der Waals surface area contributed by atoms with Crippen LogP contribution in [0.5, 0.6) is 0 Å². The van der Waals surface area contributed by atoms with Crippen LogP contribution >= 0.6 is 46.4 Å². The van der Waals surface area contributed by atoms with Crippen molar-refractivity contribution in [2.45, 2.75) is 9.79 Å². The molecule has 0 saturated heterocycles. The van der Waals surface area contributed by atoms with Gasteiger partial charge in [-0.2, -0.15) is 0 Å². The van der Waals surface area contributed by atoms with Crippen LogP contribution in [0.3, 0.4) is 0 Å². The zero-order valence-corrected chi connectivity index (χ0v) is 34.8. The Balaban J connectivity index is 0.000000228. The lowest BCUT2D eigenvalue weighted by Gasteiger charge is -2.12. The van der Waals surface area contributed by atoms with Gasteiger partial charge in [-0.25, -0.2) is 26.4 Å². The molecule has 6 rings (SSSR count). The van der Waals surface area contributed by atoms with Crippen LogP contribution in [0.4, 0.5) is 22.7 Å². The number of carbonyl (C=O) groups excluding carboxylic acids is 2. The molecule has 6 aromatic carbocycles. The molecule has 6 N–H and O–H groups in total. The van der Waals surface area contributed by atoms with E-state index in [1.165, 1.54) is 121 Å². The average molecular weight is 931 g/mol. The second-order valence-corrected chi connectivity index (χ2v) is 17.2. The van der Waals surface area contributed by atoms with Gasteiger partial charge in [0.1, 0.15) is 0 Å². The predicted molar refractivity (Wildman–Crippen MR) is 230 cm³/mol. The minimum absolute atomic E-state index is 0.0190. The molecule has 0 spiro atoms. The van der Waals surface area contributed by atoms with Crippen molar-refractivity contribution in [2.75, 3.05) is 20.1 Å². The molecule has 308 valence electrons. The smallest absolute Gasteiger partial charge is 0.335 e. The number of aromatic carboxylic acids is 2. The van der Waals surface area contributed by atoms with Crippen molar-refractivity contribution in [3.63, 3.8) is 0 Å². The number of carbonyl (C=O) groups is 4. The van der Waals surface area contributed by atoms with Gasteiger partial charge in [-0.1, -0.05) is 58.5 Å². The first-order valence-corrected chi connectivity index (χ1v) is 21.2. The number of hydrogen-bond acceptors (Lipinski definition) is 8. The number of rotatable bonds is 12. The van der Waals surface area contributed by atoms with Crippen LogP contribution in [0.25, 0.3) is 0 Å². The first-order valence-electron chi connectivity index (χ1n) is 16.8. The molecular weight excluding hydrogens is 902 g/mol. The molecule has 0 saturated carbocycles. The Morgan fingerprint density at radius 2 is 0.767 bits per heavy atom. The van der Waals surface area contributed by atoms with E-state index in [4.69, 9.17) is 56.6 Å². The molecule has 0 aliphatic carbocycles. The Labute approximate surface area is 362 Å². The van der Waals surface area contributed by atoms with Crippen LogP contribution in [0.1, 0.15) is 41.4 Å². The third-order valence-electron chi connectivity index (χ3n) is 7.94. The zero-order valence-electron chi connectivity index (χ0n) is 30.2. The van der Waals surface area contributed by atoms with Crippen molar-refractivity contribution in [3.8, 4) is 0 Å². The molecule has 2 amide bonds. The van der Waals surface area contributed by atoms with E-state index in [1.54, 1.807) is 12.1 Å². The second kappa shape index (κ2) is 19.3. The minimum atomic E-state index is -3.98. The van der Waals surface area contributed by atoms with Gasteiger partial charge in [-0.15, -0.1) is 0 Å². The molecular formula is C40H28Cl4N4O10S2. The molecule has 0 bridgehead atoms. The summed E-state index contributed by atoms with van der Waals surface area (Å²) in [5, 5.41) is 23.8. The van der Waals surface area contributed by atoms with Gasteiger partial charge in [0.25, 0.3) is 31.9 Å². The van der Waals surface area contributed by atoms with Crippen LogP contribution < -0.4 is 20.1 Å². The third kappa shape index (κ3) is 12.0. The van der Waals surface area contributed by atoms with Crippen LogP contribution in [-0.4, -0.2) is 50.8 Å². The number of hydrogen-bond donors (Lipinski definition) is 6. The Morgan fingerprint density at radius 3 is 1.08 bits per heavy atom. The lowest BCUT2D eigenvalue weighted by atomic mass is 10.1. The van der Waals surface area contributed by atoms with E-state index >= 15 is 0 Å². The molecule has 0 unspecified atom stereocenters. The van der Waals surface area contributed by atoms with Gasteiger partial charge in [-0.05, 0) is 121 Å². The first-order chi connectivity index (χ1) is 28.3. The Kier molecular flexibility index (Phi) is 14.4. The Morgan fingerprint density at radius 1 is 0.433 bits per heavy atom. The number of carboxylic acids is 2. The third-order valence-corrected chi connectivity index (χ3v) is 11.8. The van der Waals surface area contributed by atoms with Crippen LogP contribution in [0.2, 0.25) is 20.1 Å². The summed E-state index contributed by atoms with van der Waals surface area (Å²) in [5.74, 6) is -3.22. The predicted octanol–water partition coefficient (Wildman–Crippen LogP) is 9.49. The standard InChI is InChI=1S/2C20H14Cl2N2O5S/c2*21-14-2-1-3-16(11-14)30(28,29)24-18-10-13(6-9-17(18)22)19(25)23-15-7-4-12(5-8-15)20(26)27/h2*1-11,24H,(H,23,25)(H,26,27). The van der Waals surface area contributed by atoms with Crippen LogP contribution in [0, 0.1) is 0 Å². The van der Waals surface area contributed by atoms with Crippen molar-refractivity contribution in [3.05, 3.63) is 176 Å². The number of amides is 2. The fourth-order valence-electron chi connectivity index (χ4n) is 4.96. The second-order valence-electron chi connectivity index (χ2n) is 12.2. The highest BCUT2D eigenvalue weighted by atomic mass is 35.5. The minimum Gasteiger partial charge on any atom is -0.478 e. The maximum atomic E-state index is 12.6. The average Bonchev–Trinajstić information content (AvgIpc) is 3.20. The summed E-state index contributed by atoms with van der Waals surface area (Å²) in [7, 11) is -7.96. The molecule has 20 heteroatoms. The number of sulfonamides is 2. The van der Waals surface area contributed by atoms with Crippen molar-refractivity contribution in [1.29, 1.82) is 0 Å². The van der Waals surface area contributed by atoms with Gasteiger partial charge in [0, 0.05) is 32.5 Å². The summed E-state index contributed by atoms with van der Waals surface area (Å²) >= 11 is 23.9. The molecule has 0 heterocycles. The van der Waals surface area contributed by atoms with Crippen molar-refractivity contribution in [1.82, 2.24) is 0 Å². The molecule has 0 aliphatic rings. The van der Waals surface area contributed by atoms with E-state index in [-0.39, 0.29) is 63.5 Å². The van der Waals surface area contributed by atoms with E-state index in [0.717, 1.165) is 0 Å². The van der Waals surface area contributed by atoms with Crippen LogP contribution in [-0.2, 0) is 20.0 Å². The van der Waals surface area contributed by atoms with Gasteiger partial charge in [0.05, 0.1) is 42.3 Å². The van der Waals surface area contributed by atoms with Crippen molar-refractivity contribution in [2.24, 2.45) is 0 Å². The number of anilines is 4. The summed E-state index contributed by atoms with van der Waals surface area (Å²) in [5.41, 5.74) is 1.24. The quantitative estimate of drug-likeness (QED) is 0.0681. The zero-order chi connectivity index (χ0) is 43.8. The van der Waals surface area contributed by atoms with E-state index in [9.17, 15) is 36.0 Å².